The largest absolute Gasteiger partial charge is 0.392 e. The molecule has 4 nitrogen and oxygen atoms in total. The molecule has 1 atom stereocenters. The van der Waals surface area contributed by atoms with Crippen molar-refractivity contribution >= 4 is 16.7 Å². The SMILES string of the molecule is OCc1cc2ccccc2nc1NC1CCOC2(CCCCC2)C1. The number of aromatic nitrogens is 1. The standard InChI is InChI=1S/C20H26N2O2/c23-14-16-12-15-6-2-3-7-18(15)22-19(16)21-17-8-11-24-20(13-17)9-4-1-5-10-20/h2-3,6-7,12,17,23H,1,4-5,8-11,13-14H2,(H,21,22). The summed E-state index contributed by atoms with van der Waals surface area (Å²) in [6, 6.07) is 10.5. The molecule has 2 heterocycles. The lowest BCUT2D eigenvalue weighted by molar-refractivity contribution is -0.103. The number of nitrogens with zero attached hydrogens (tertiary/aromatic N) is 1. The predicted octanol–water partition coefficient (Wildman–Crippen LogP) is 4.02. The number of hydrogen-bond donors (Lipinski definition) is 2. The minimum Gasteiger partial charge on any atom is -0.392 e. The van der Waals surface area contributed by atoms with Crippen molar-refractivity contribution in [2.75, 3.05) is 11.9 Å². The molecule has 0 radical (unpaired) electrons. The van der Waals surface area contributed by atoms with Crippen LogP contribution in [0.3, 0.4) is 0 Å². The summed E-state index contributed by atoms with van der Waals surface area (Å²) in [6.07, 6.45) is 8.32. The fourth-order valence-electron chi connectivity index (χ4n) is 4.29. The summed E-state index contributed by atoms with van der Waals surface area (Å²) >= 11 is 0. The van der Waals surface area contributed by atoms with Gasteiger partial charge in [0.2, 0.25) is 0 Å². The van der Waals surface area contributed by atoms with Crippen LogP contribution in [0.15, 0.2) is 30.3 Å². The number of pyridine rings is 1. The first-order valence-corrected chi connectivity index (χ1v) is 9.18. The van der Waals surface area contributed by atoms with E-state index in [0.717, 1.165) is 41.7 Å². The first kappa shape index (κ1) is 15.9. The maximum Gasteiger partial charge on any atom is 0.132 e. The molecular weight excluding hydrogens is 300 g/mol. The van der Waals surface area contributed by atoms with Gasteiger partial charge in [-0.15, -0.1) is 0 Å². The van der Waals surface area contributed by atoms with Crippen LogP contribution in [-0.4, -0.2) is 28.3 Å². The highest BCUT2D eigenvalue weighted by Gasteiger charge is 2.38. The third-order valence-corrected chi connectivity index (χ3v) is 5.57. The highest BCUT2D eigenvalue weighted by Crippen LogP contribution is 2.39. The lowest BCUT2D eigenvalue weighted by Gasteiger charge is -2.43. The number of nitrogens with one attached hydrogen (secondary N) is 1. The Morgan fingerprint density at radius 3 is 2.88 bits per heavy atom. The smallest absolute Gasteiger partial charge is 0.132 e. The average molecular weight is 326 g/mol. The van der Waals surface area contributed by atoms with Crippen LogP contribution in [0.25, 0.3) is 10.9 Å². The van der Waals surface area contributed by atoms with Crippen LogP contribution in [0, 0.1) is 0 Å². The Labute approximate surface area is 143 Å². The molecule has 1 saturated carbocycles. The van der Waals surface area contributed by atoms with Gasteiger partial charge in [-0.1, -0.05) is 37.5 Å². The number of benzene rings is 1. The number of aliphatic hydroxyl groups is 1. The molecule has 1 aromatic heterocycles. The molecule has 2 N–H and O–H groups in total. The molecule has 4 heteroatoms. The fraction of sp³-hybridized carbons (Fsp3) is 0.550. The molecule has 2 aromatic rings. The van der Waals surface area contributed by atoms with Crippen molar-refractivity contribution < 1.29 is 9.84 Å². The summed E-state index contributed by atoms with van der Waals surface area (Å²) in [7, 11) is 0. The van der Waals surface area contributed by atoms with E-state index in [-0.39, 0.29) is 12.2 Å². The summed E-state index contributed by atoms with van der Waals surface area (Å²) in [5, 5.41) is 14.4. The molecule has 128 valence electrons. The van der Waals surface area contributed by atoms with Crippen LogP contribution >= 0.6 is 0 Å². The van der Waals surface area contributed by atoms with Crippen LogP contribution in [0.1, 0.15) is 50.5 Å². The molecule has 1 unspecified atom stereocenters. The van der Waals surface area contributed by atoms with E-state index in [0.29, 0.717) is 6.04 Å². The predicted molar refractivity (Wildman–Crippen MR) is 96.1 cm³/mol. The highest BCUT2D eigenvalue weighted by molar-refractivity contribution is 5.81. The molecule has 0 amide bonds. The van der Waals surface area contributed by atoms with Crippen LogP contribution < -0.4 is 5.32 Å². The third kappa shape index (κ3) is 3.13. The zero-order valence-electron chi connectivity index (χ0n) is 14.1. The van der Waals surface area contributed by atoms with Crippen LogP contribution in [0.5, 0.6) is 0 Å². The van der Waals surface area contributed by atoms with Gasteiger partial charge in [0, 0.05) is 23.6 Å². The number of aliphatic hydroxyl groups excluding tert-OH is 1. The van der Waals surface area contributed by atoms with E-state index in [1.54, 1.807) is 0 Å². The van der Waals surface area contributed by atoms with E-state index in [9.17, 15) is 5.11 Å². The minimum absolute atomic E-state index is 0.00846. The first-order chi connectivity index (χ1) is 11.8. The van der Waals surface area contributed by atoms with E-state index in [1.165, 1.54) is 32.1 Å². The summed E-state index contributed by atoms with van der Waals surface area (Å²) in [5.74, 6) is 0.828. The molecule has 1 spiro atoms. The molecule has 4 rings (SSSR count). The average Bonchev–Trinajstić information content (AvgIpc) is 2.62. The summed E-state index contributed by atoms with van der Waals surface area (Å²) in [5.41, 5.74) is 1.92. The molecule has 24 heavy (non-hydrogen) atoms. The Bertz CT molecular complexity index is 704. The third-order valence-electron chi connectivity index (χ3n) is 5.57. The summed E-state index contributed by atoms with van der Waals surface area (Å²) in [4.78, 5) is 4.76. The van der Waals surface area contributed by atoms with Crippen molar-refractivity contribution in [3.63, 3.8) is 0 Å². The van der Waals surface area contributed by atoms with E-state index in [2.05, 4.69) is 5.32 Å². The topological polar surface area (TPSA) is 54.4 Å². The lowest BCUT2D eigenvalue weighted by Crippen LogP contribution is -2.45. The zero-order chi connectivity index (χ0) is 16.4. The molecule has 1 aromatic carbocycles. The number of fused-ring (bicyclic) bond motifs is 1. The Morgan fingerprint density at radius 2 is 2.04 bits per heavy atom. The second-order valence-corrected chi connectivity index (χ2v) is 7.27. The van der Waals surface area contributed by atoms with E-state index < -0.39 is 0 Å². The van der Waals surface area contributed by atoms with Gasteiger partial charge in [0.25, 0.3) is 0 Å². The van der Waals surface area contributed by atoms with Gasteiger partial charge in [0.05, 0.1) is 17.7 Å². The number of para-hydroxylation sites is 1. The van der Waals surface area contributed by atoms with Gasteiger partial charge in [0.1, 0.15) is 5.82 Å². The lowest BCUT2D eigenvalue weighted by atomic mass is 9.78. The maximum absolute atomic E-state index is 9.74. The van der Waals surface area contributed by atoms with Crippen molar-refractivity contribution in [2.24, 2.45) is 0 Å². The molecule has 2 aliphatic rings. The van der Waals surface area contributed by atoms with Crippen LogP contribution in [0.2, 0.25) is 0 Å². The van der Waals surface area contributed by atoms with Gasteiger partial charge < -0.3 is 15.2 Å². The van der Waals surface area contributed by atoms with Crippen molar-refractivity contribution in [1.82, 2.24) is 4.98 Å². The second kappa shape index (κ2) is 6.69. The van der Waals surface area contributed by atoms with Crippen molar-refractivity contribution in [1.29, 1.82) is 0 Å². The number of ether oxygens (including phenoxy) is 1. The van der Waals surface area contributed by atoms with Gasteiger partial charge in [0.15, 0.2) is 0 Å². The summed E-state index contributed by atoms with van der Waals surface area (Å²) in [6.45, 7) is 0.828. The van der Waals surface area contributed by atoms with Crippen molar-refractivity contribution in [3.8, 4) is 0 Å². The van der Waals surface area contributed by atoms with Gasteiger partial charge in [-0.3, -0.25) is 0 Å². The fourth-order valence-corrected chi connectivity index (χ4v) is 4.29. The second-order valence-electron chi connectivity index (χ2n) is 7.27. The first-order valence-electron chi connectivity index (χ1n) is 9.18. The van der Waals surface area contributed by atoms with Crippen molar-refractivity contribution in [3.05, 3.63) is 35.9 Å². The Morgan fingerprint density at radius 1 is 1.21 bits per heavy atom. The number of rotatable bonds is 3. The molecule has 0 bridgehead atoms. The van der Waals surface area contributed by atoms with E-state index >= 15 is 0 Å². The van der Waals surface area contributed by atoms with Gasteiger partial charge in [-0.05, 0) is 37.8 Å². The van der Waals surface area contributed by atoms with Crippen LogP contribution in [-0.2, 0) is 11.3 Å². The molecule has 1 aliphatic heterocycles. The van der Waals surface area contributed by atoms with Crippen LogP contribution in [0.4, 0.5) is 5.82 Å². The van der Waals surface area contributed by atoms with Gasteiger partial charge in [-0.2, -0.15) is 0 Å². The summed E-state index contributed by atoms with van der Waals surface area (Å²) < 4.78 is 6.19. The number of anilines is 1. The number of hydrogen-bond acceptors (Lipinski definition) is 4. The maximum atomic E-state index is 9.74. The van der Waals surface area contributed by atoms with Gasteiger partial charge in [-0.25, -0.2) is 4.98 Å². The Balaban J connectivity index is 1.56. The Hall–Kier alpha value is -1.65. The Kier molecular flexibility index (Phi) is 4.42. The molecule has 2 fully saturated rings. The zero-order valence-corrected chi connectivity index (χ0v) is 14.1. The van der Waals surface area contributed by atoms with E-state index in [4.69, 9.17) is 9.72 Å². The minimum atomic E-state index is 0.00846. The highest BCUT2D eigenvalue weighted by atomic mass is 16.5. The monoisotopic (exact) mass is 326 g/mol. The van der Waals surface area contributed by atoms with E-state index in [1.807, 2.05) is 30.3 Å². The normalized spacial score (nSPS) is 23.5. The molecular formula is C20H26N2O2. The molecule has 1 saturated heterocycles. The van der Waals surface area contributed by atoms with Crippen molar-refractivity contribution in [2.45, 2.75) is 63.2 Å². The molecule has 1 aliphatic carbocycles. The quantitative estimate of drug-likeness (QED) is 0.894. The van der Waals surface area contributed by atoms with Gasteiger partial charge >= 0.3 is 0 Å².